The molecule has 0 radical (unpaired) electrons. The van der Waals surface area contributed by atoms with E-state index in [1.807, 2.05) is 23.9 Å². The van der Waals surface area contributed by atoms with Crippen molar-refractivity contribution in [2.45, 2.75) is 25.7 Å². The Balaban J connectivity index is 2.00. The predicted octanol–water partition coefficient (Wildman–Crippen LogP) is 2.61. The highest BCUT2D eigenvalue weighted by atomic mass is 79.9. The van der Waals surface area contributed by atoms with E-state index < -0.39 is 0 Å². The molecule has 0 atom stereocenters. The third-order valence-corrected chi connectivity index (χ3v) is 3.04. The van der Waals surface area contributed by atoms with E-state index >= 15 is 0 Å². The van der Waals surface area contributed by atoms with E-state index in [2.05, 4.69) is 37.1 Å². The fourth-order valence-electron chi connectivity index (χ4n) is 1.70. The zero-order chi connectivity index (χ0) is 11.1. The molecular formula is C11H11BrN4. The van der Waals surface area contributed by atoms with Gasteiger partial charge in [0.25, 0.3) is 0 Å². The minimum absolute atomic E-state index is 0.674. The SMILES string of the molecule is Cc1nc(Br)cc(-n2ccc(C3CC3)n2)n1. The fourth-order valence-corrected chi connectivity index (χ4v) is 2.16. The highest BCUT2D eigenvalue weighted by Gasteiger charge is 2.25. The van der Waals surface area contributed by atoms with Gasteiger partial charge < -0.3 is 0 Å². The maximum Gasteiger partial charge on any atom is 0.158 e. The average Bonchev–Trinajstić information content (AvgIpc) is 2.95. The standard InChI is InChI=1S/C11H11BrN4/c1-7-13-10(12)6-11(14-7)16-5-4-9(15-16)8-2-3-8/h4-6,8H,2-3H2,1H3. The molecule has 3 rings (SSSR count). The van der Waals surface area contributed by atoms with Crippen molar-refractivity contribution in [2.75, 3.05) is 0 Å². The number of hydrogen-bond donors (Lipinski definition) is 0. The van der Waals surface area contributed by atoms with Crippen LogP contribution in [0.25, 0.3) is 5.82 Å². The molecule has 1 aliphatic rings. The molecule has 82 valence electrons. The highest BCUT2D eigenvalue weighted by Crippen LogP contribution is 2.38. The Kier molecular flexibility index (Phi) is 2.28. The zero-order valence-electron chi connectivity index (χ0n) is 8.89. The Labute approximate surface area is 102 Å². The quantitative estimate of drug-likeness (QED) is 0.794. The lowest BCUT2D eigenvalue weighted by Gasteiger charge is -2.02. The number of aryl methyl sites for hydroxylation is 1. The van der Waals surface area contributed by atoms with Gasteiger partial charge in [0.2, 0.25) is 0 Å². The van der Waals surface area contributed by atoms with Crippen molar-refractivity contribution in [2.24, 2.45) is 0 Å². The Bertz CT molecular complexity index is 510. The van der Waals surface area contributed by atoms with Crippen molar-refractivity contribution in [3.63, 3.8) is 0 Å². The summed E-state index contributed by atoms with van der Waals surface area (Å²) in [4.78, 5) is 8.54. The Morgan fingerprint density at radius 2 is 2.19 bits per heavy atom. The minimum Gasteiger partial charge on any atom is -0.226 e. The summed E-state index contributed by atoms with van der Waals surface area (Å²) in [6.07, 6.45) is 4.49. The second-order valence-electron chi connectivity index (χ2n) is 4.06. The lowest BCUT2D eigenvalue weighted by molar-refractivity contribution is 0.797. The van der Waals surface area contributed by atoms with Gasteiger partial charge in [-0.3, -0.25) is 0 Å². The number of aromatic nitrogens is 4. The average molecular weight is 279 g/mol. The molecule has 2 aromatic rings. The third kappa shape index (κ3) is 1.87. The van der Waals surface area contributed by atoms with Crippen LogP contribution in [-0.4, -0.2) is 19.7 Å². The smallest absolute Gasteiger partial charge is 0.158 e. The van der Waals surface area contributed by atoms with Gasteiger partial charge in [0.15, 0.2) is 5.82 Å². The molecule has 1 fully saturated rings. The van der Waals surface area contributed by atoms with Crippen molar-refractivity contribution in [1.29, 1.82) is 0 Å². The monoisotopic (exact) mass is 278 g/mol. The summed E-state index contributed by atoms with van der Waals surface area (Å²) < 4.78 is 2.60. The van der Waals surface area contributed by atoms with E-state index in [1.54, 1.807) is 0 Å². The lowest BCUT2D eigenvalue weighted by Crippen LogP contribution is -2.01. The van der Waals surface area contributed by atoms with E-state index in [9.17, 15) is 0 Å². The first-order valence-electron chi connectivity index (χ1n) is 5.29. The minimum atomic E-state index is 0.674. The summed E-state index contributed by atoms with van der Waals surface area (Å²) in [5.41, 5.74) is 1.17. The molecule has 0 bridgehead atoms. The van der Waals surface area contributed by atoms with Gasteiger partial charge in [-0.1, -0.05) is 0 Å². The van der Waals surface area contributed by atoms with Crippen molar-refractivity contribution in [3.05, 3.63) is 34.5 Å². The van der Waals surface area contributed by atoms with Crippen LogP contribution in [0.5, 0.6) is 0 Å². The Morgan fingerprint density at radius 3 is 2.88 bits per heavy atom. The molecule has 16 heavy (non-hydrogen) atoms. The van der Waals surface area contributed by atoms with Crippen molar-refractivity contribution in [3.8, 4) is 5.82 Å². The van der Waals surface area contributed by atoms with Gasteiger partial charge in [-0.15, -0.1) is 0 Å². The number of nitrogens with zero attached hydrogens (tertiary/aromatic N) is 4. The molecule has 4 nitrogen and oxygen atoms in total. The number of hydrogen-bond acceptors (Lipinski definition) is 3. The number of halogens is 1. The molecule has 0 aromatic carbocycles. The van der Waals surface area contributed by atoms with Crippen LogP contribution in [0, 0.1) is 6.92 Å². The second kappa shape index (κ2) is 3.66. The molecule has 1 aliphatic carbocycles. The highest BCUT2D eigenvalue weighted by molar-refractivity contribution is 9.10. The van der Waals surface area contributed by atoms with Crippen LogP contribution in [0.4, 0.5) is 0 Å². The van der Waals surface area contributed by atoms with Gasteiger partial charge in [0.05, 0.1) is 5.69 Å². The summed E-state index contributed by atoms with van der Waals surface area (Å²) in [6, 6.07) is 3.94. The first-order valence-corrected chi connectivity index (χ1v) is 6.09. The van der Waals surface area contributed by atoms with Crippen LogP contribution in [0.2, 0.25) is 0 Å². The first-order chi connectivity index (χ1) is 7.72. The molecule has 0 N–H and O–H groups in total. The largest absolute Gasteiger partial charge is 0.226 e. The molecule has 2 heterocycles. The molecule has 5 heteroatoms. The molecule has 0 unspecified atom stereocenters. The van der Waals surface area contributed by atoms with Crippen LogP contribution >= 0.6 is 15.9 Å². The van der Waals surface area contributed by atoms with Crippen molar-refractivity contribution >= 4 is 15.9 Å². The first kappa shape index (κ1) is 9.96. The molecule has 1 saturated carbocycles. The van der Waals surface area contributed by atoms with Gasteiger partial charge in [0, 0.05) is 18.2 Å². The Morgan fingerprint density at radius 1 is 1.38 bits per heavy atom. The van der Waals surface area contributed by atoms with E-state index in [1.165, 1.54) is 18.5 Å². The third-order valence-electron chi connectivity index (χ3n) is 2.63. The summed E-state index contributed by atoms with van der Waals surface area (Å²) in [6.45, 7) is 1.87. The normalized spacial score (nSPS) is 15.4. The van der Waals surface area contributed by atoms with Gasteiger partial charge in [-0.05, 0) is 41.8 Å². The molecule has 0 spiro atoms. The number of rotatable bonds is 2. The van der Waals surface area contributed by atoms with E-state index in [-0.39, 0.29) is 0 Å². The van der Waals surface area contributed by atoms with Crippen molar-refractivity contribution < 1.29 is 0 Å². The molecule has 0 saturated heterocycles. The van der Waals surface area contributed by atoms with Gasteiger partial charge in [-0.2, -0.15) is 5.10 Å². The molecule has 2 aromatic heterocycles. The summed E-state index contributed by atoms with van der Waals surface area (Å²) in [5, 5.41) is 4.53. The predicted molar refractivity (Wildman–Crippen MR) is 63.6 cm³/mol. The van der Waals surface area contributed by atoms with Crippen LogP contribution in [0.3, 0.4) is 0 Å². The van der Waals surface area contributed by atoms with Crippen LogP contribution < -0.4 is 0 Å². The summed E-state index contributed by atoms with van der Waals surface area (Å²) in [7, 11) is 0. The van der Waals surface area contributed by atoms with E-state index in [4.69, 9.17) is 0 Å². The molecular weight excluding hydrogens is 268 g/mol. The Hall–Kier alpha value is -1.23. The maximum absolute atomic E-state index is 4.53. The molecule has 0 amide bonds. The van der Waals surface area contributed by atoms with Crippen molar-refractivity contribution in [1.82, 2.24) is 19.7 Å². The fraction of sp³-hybridized carbons (Fsp3) is 0.364. The maximum atomic E-state index is 4.53. The zero-order valence-corrected chi connectivity index (χ0v) is 10.5. The lowest BCUT2D eigenvalue weighted by atomic mass is 10.3. The van der Waals surface area contributed by atoms with Gasteiger partial charge in [0.1, 0.15) is 10.4 Å². The van der Waals surface area contributed by atoms with Crippen LogP contribution in [0.15, 0.2) is 22.9 Å². The van der Waals surface area contributed by atoms with Crippen LogP contribution in [0.1, 0.15) is 30.3 Å². The van der Waals surface area contributed by atoms with Crippen LogP contribution in [-0.2, 0) is 0 Å². The van der Waals surface area contributed by atoms with E-state index in [0.717, 1.165) is 16.2 Å². The second-order valence-corrected chi connectivity index (χ2v) is 4.87. The van der Waals surface area contributed by atoms with Gasteiger partial charge >= 0.3 is 0 Å². The summed E-state index contributed by atoms with van der Waals surface area (Å²) in [5.74, 6) is 2.23. The topological polar surface area (TPSA) is 43.6 Å². The summed E-state index contributed by atoms with van der Waals surface area (Å²) >= 11 is 3.37. The van der Waals surface area contributed by atoms with Gasteiger partial charge in [-0.25, -0.2) is 14.6 Å². The van der Waals surface area contributed by atoms with E-state index in [0.29, 0.717) is 5.92 Å². The molecule has 0 aliphatic heterocycles.